The Labute approximate surface area is 358 Å². The summed E-state index contributed by atoms with van der Waals surface area (Å²) >= 11 is 0. The van der Waals surface area contributed by atoms with Crippen LogP contribution in [0.4, 0.5) is 35.4 Å². The summed E-state index contributed by atoms with van der Waals surface area (Å²) in [6, 6.07) is 28.1. The molecule has 3 aromatic heterocycles. The Morgan fingerprint density at radius 3 is 2.16 bits per heavy atom. The molecule has 0 spiro atoms. The second kappa shape index (κ2) is 19.3. The van der Waals surface area contributed by atoms with Gasteiger partial charge in [-0.25, -0.2) is 14.6 Å². The van der Waals surface area contributed by atoms with Gasteiger partial charge in [0.1, 0.15) is 29.9 Å². The van der Waals surface area contributed by atoms with Crippen molar-refractivity contribution in [3.63, 3.8) is 0 Å². The molecule has 2 fully saturated rings. The highest BCUT2D eigenvalue weighted by atomic mass is 19.4. The van der Waals surface area contributed by atoms with Gasteiger partial charge in [0.2, 0.25) is 11.9 Å². The highest BCUT2D eigenvalue weighted by Crippen LogP contribution is 2.36. The third-order valence-electron chi connectivity index (χ3n) is 10.9. The number of alkyl halides is 3. The number of urea groups is 1. The number of amides is 3. The molecule has 0 bridgehead atoms. The van der Waals surface area contributed by atoms with Crippen molar-refractivity contribution in [2.75, 3.05) is 35.2 Å². The maximum absolute atomic E-state index is 13.2. The molecule has 4 heterocycles. The predicted molar refractivity (Wildman–Crippen MR) is 225 cm³/mol. The van der Waals surface area contributed by atoms with Gasteiger partial charge in [-0.3, -0.25) is 4.79 Å². The van der Waals surface area contributed by atoms with Crippen LogP contribution in [0.25, 0.3) is 22.4 Å². The van der Waals surface area contributed by atoms with Crippen LogP contribution in [0.15, 0.2) is 108 Å². The SMILES string of the molecule is CCC(=O)N[C@H]1C[C@@H](n2cnc3c(NCC(c4ccccc4)c4ccccc4)nc(N4CC[C@@H](NC(=O)Nc5conc5-c5ccccc5)C4)nc32)[C@H](O)[C@@H]1O.O=C(O)C(F)(F)F. The minimum absolute atomic E-state index is 0.00518. The number of aromatic nitrogens is 5. The molecule has 7 N–H and O–H groups in total. The van der Waals surface area contributed by atoms with Crippen LogP contribution in [0.5, 0.6) is 0 Å². The summed E-state index contributed by atoms with van der Waals surface area (Å²) in [6.45, 7) is 3.25. The van der Waals surface area contributed by atoms with Crippen molar-refractivity contribution >= 4 is 46.5 Å². The number of aliphatic hydroxyl groups excluding tert-OH is 2. The Morgan fingerprint density at radius 2 is 1.54 bits per heavy atom. The summed E-state index contributed by atoms with van der Waals surface area (Å²) in [5.74, 6) is -2.03. The fourth-order valence-corrected chi connectivity index (χ4v) is 7.68. The third-order valence-corrected chi connectivity index (χ3v) is 10.9. The Kier molecular flexibility index (Phi) is 13.5. The molecule has 2 aliphatic rings. The second-order valence-electron chi connectivity index (χ2n) is 15.0. The molecule has 1 aliphatic carbocycles. The largest absolute Gasteiger partial charge is 0.490 e. The van der Waals surface area contributed by atoms with Crippen molar-refractivity contribution in [1.29, 1.82) is 0 Å². The summed E-state index contributed by atoms with van der Waals surface area (Å²) in [5, 5.41) is 45.7. The van der Waals surface area contributed by atoms with E-state index >= 15 is 0 Å². The zero-order valence-electron chi connectivity index (χ0n) is 33.8. The number of hydrogen-bond acceptors (Lipinski definition) is 12. The zero-order valence-corrected chi connectivity index (χ0v) is 33.8. The number of benzene rings is 3. The molecule has 330 valence electrons. The number of carboxylic acids is 1. The van der Waals surface area contributed by atoms with Crippen LogP contribution in [0.3, 0.4) is 0 Å². The number of fused-ring (bicyclic) bond motifs is 1. The van der Waals surface area contributed by atoms with Crippen molar-refractivity contribution in [1.82, 2.24) is 35.3 Å². The molecule has 3 aromatic carbocycles. The fraction of sp³-hybridized carbons (Fsp3) is 0.326. The van der Waals surface area contributed by atoms with Gasteiger partial charge in [0.05, 0.1) is 18.4 Å². The van der Waals surface area contributed by atoms with E-state index in [9.17, 15) is 33.0 Å². The number of nitrogens with zero attached hydrogens (tertiary/aromatic N) is 6. The zero-order chi connectivity index (χ0) is 44.7. The van der Waals surface area contributed by atoms with Gasteiger partial charge in [-0.05, 0) is 24.0 Å². The first-order chi connectivity index (χ1) is 30.3. The van der Waals surface area contributed by atoms with Crippen molar-refractivity contribution in [2.24, 2.45) is 0 Å². The molecule has 8 rings (SSSR count). The molecule has 63 heavy (non-hydrogen) atoms. The van der Waals surface area contributed by atoms with Crippen LogP contribution in [-0.2, 0) is 9.59 Å². The van der Waals surface area contributed by atoms with E-state index in [-0.39, 0.29) is 36.7 Å². The van der Waals surface area contributed by atoms with Crippen LogP contribution >= 0.6 is 0 Å². The smallest absolute Gasteiger partial charge is 0.475 e. The van der Waals surface area contributed by atoms with Crippen molar-refractivity contribution in [2.45, 2.75) is 68.6 Å². The molecular formula is C43H45F3N10O7. The number of anilines is 3. The maximum atomic E-state index is 13.2. The average molecular weight is 871 g/mol. The number of carbonyl (C=O) groups excluding carboxylic acids is 2. The van der Waals surface area contributed by atoms with Gasteiger partial charge in [0.25, 0.3) is 0 Å². The molecule has 20 heteroatoms. The van der Waals surface area contributed by atoms with Gasteiger partial charge in [-0.15, -0.1) is 0 Å². The van der Waals surface area contributed by atoms with Crippen LogP contribution < -0.4 is 26.2 Å². The highest BCUT2D eigenvalue weighted by molar-refractivity contribution is 5.93. The molecule has 0 radical (unpaired) electrons. The lowest BCUT2D eigenvalue weighted by molar-refractivity contribution is -0.192. The third kappa shape index (κ3) is 10.4. The van der Waals surface area contributed by atoms with E-state index in [2.05, 4.69) is 50.7 Å². The van der Waals surface area contributed by atoms with Crippen LogP contribution in [0.1, 0.15) is 49.3 Å². The Balaban J connectivity index is 0.000000785. The molecule has 6 aromatic rings. The number of hydrogen-bond donors (Lipinski definition) is 7. The van der Waals surface area contributed by atoms with Crippen molar-refractivity contribution in [3.8, 4) is 11.3 Å². The van der Waals surface area contributed by atoms with E-state index < -0.39 is 36.4 Å². The number of carboxylic acid groups (broad SMARTS) is 1. The Bertz CT molecular complexity index is 2450. The van der Waals surface area contributed by atoms with E-state index in [0.29, 0.717) is 60.4 Å². The first-order valence-electron chi connectivity index (χ1n) is 20.2. The van der Waals surface area contributed by atoms with Gasteiger partial charge in [0.15, 0.2) is 17.0 Å². The van der Waals surface area contributed by atoms with E-state index in [1.165, 1.54) is 6.26 Å². The standard InChI is InChI=1S/C41H44N10O5.C2HF3O2/c1-2-33(52)45-30-20-32(37(54)36(30)53)51-24-43-35-38(42-21-29(25-12-6-3-7-13-25)26-14-8-4-9-15-26)47-40(48-39(35)51)50-19-18-28(22-50)44-41(55)46-31-23-56-49-34(31)27-16-10-5-11-17-27;3-2(4,5)1(6)7/h3-17,23-24,28-30,32,36-37,53-54H,2,18-22H2,1H3,(H,45,52)(H,42,47,48)(H2,44,46,55);(H,6,7)/t28-,30+,32-,36-,37+;/m1./s1. The van der Waals surface area contributed by atoms with E-state index in [1.54, 1.807) is 17.8 Å². The van der Waals surface area contributed by atoms with Gasteiger partial charge in [-0.2, -0.15) is 23.1 Å². The highest BCUT2D eigenvalue weighted by Gasteiger charge is 2.44. The summed E-state index contributed by atoms with van der Waals surface area (Å²) in [7, 11) is 0. The normalized spacial score (nSPS) is 19.7. The van der Waals surface area contributed by atoms with E-state index in [0.717, 1.165) is 16.7 Å². The van der Waals surface area contributed by atoms with Gasteiger partial charge < -0.3 is 50.6 Å². The second-order valence-corrected chi connectivity index (χ2v) is 15.0. The molecule has 1 saturated heterocycles. The number of halogens is 3. The Hall–Kier alpha value is -7.06. The predicted octanol–water partition coefficient (Wildman–Crippen LogP) is 5.32. The molecule has 1 saturated carbocycles. The molecular weight excluding hydrogens is 826 g/mol. The van der Waals surface area contributed by atoms with Gasteiger partial charge in [0, 0.05) is 43.6 Å². The molecule has 17 nitrogen and oxygen atoms in total. The fourth-order valence-electron chi connectivity index (χ4n) is 7.68. The van der Waals surface area contributed by atoms with Crippen LogP contribution in [0, 0.1) is 0 Å². The summed E-state index contributed by atoms with van der Waals surface area (Å²) < 4.78 is 38.7. The maximum Gasteiger partial charge on any atom is 0.490 e. The number of imidazole rings is 1. The minimum Gasteiger partial charge on any atom is -0.475 e. The van der Waals surface area contributed by atoms with Crippen molar-refractivity contribution in [3.05, 3.63) is 115 Å². The minimum atomic E-state index is -5.08. The Morgan fingerprint density at radius 1 is 0.905 bits per heavy atom. The summed E-state index contributed by atoms with van der Waals surface area (Å²) in [6.07, 6.45) is -3.21. The number of aliphatic hydroxyl groups is 2. The lowest BCUT2D eigenvalue weighted by Crippen LogP contribution is -2.42. The topological polar surface area (TPSA) is 233 Å². The summed E-state index contributed by atoms with van der Waals surface area (Å²) in [5.41, 5.74) is 5.07. The molecule has 3 amide bonds. The first-order valence-corrected chi connectivity index (χ1v) is 20.2. The average Bonchev–Trinajstić information content (AvgIpc) is 4.10. The monoisotopic (exact) mass is 870 g/mol. The van der Waals surface area contributed by atoms with Crippen LogP contribution in [0.2, 0.25) is 0 Å². The molecule has 1 aliphatic heterocycles. The first kappa shape index (κ1) is 44.0. The van der Waals surface area contributed by atoms with Crippen LogP contribution in [-0.4, -0.2) is 108 Å². The quantitative estimate of drug-likeness (QED) is 0.0827. The van der Waals surface area contributed by atoms with Gasteiger partial charge in [-0.1, -0.05) is 103 Å². The van der Waals surface area contributed by atoms with E-state index in [4.69, 9.17) is 29.4 Å². The number of nitrogens with one attached hydrogen (secondary N) is 4. The number of rotatable bonds is 12. The molecule has 0 unspecified atom stereocenters. The lowest BCUT2D eigenvalue weighted by Gasteiger charge is -2.22. The number of carbonyl (C=O) groups is 3. The van der Waals surface area contributed by atoms with E-state index in [1.807, 2.05) is 71.6 Å². The molecule has 5 atom stereocenters. The lowest BCUT2D eigenvalue weighted by atomic mass is 9.91. The van der Waals surface area contributed by atoms with Crippen molar-refractivity contribution < 1.29 is 47.4 Å². The van der Waals surface area contributed by atoms with Gasteiger partial charge >= 0.3 is 18.2 Å². The summed E-state index contributed by atoms with van der Waals surface area (Å²) in [4.78, 5) is 51.1. The number of aliphatic carboxylic acids is 1.